The maximum atomic E-state index is 12.6. The van der Waals surface area contributed by atoms with E-state index < -0.39 is 26.5 Å². The van der Waals surface area contributed by atoms with Gasteiger partial charge in [-0.25, -0.2) is 0 Å². The highest BCUT2D eigenvalue weighted by Crippen LogP contribution is 2.38. The van der Waals surface area contributed by atoms with E-state index in [0.29, 0.717) is 17.4 Å². The van der Waals surface area contributed by atoms with Gasteiger partial charge in [-0.3, -0.25) is 14.2 Å². The lowest BCUT2D eigenvalue weighted by molar-refractivity contribution is -0.870. The molecule has 0 saturated heterocycles. The maximum absolute atomic E-state index is 12.6. The third-order valence-electron chi connectivity index (χ3n) is 9.17. The van der Waals surface area contributed by atoms with E-state index in [0.717, 1.165) is 44.4 Å². The Bertz CT molecular complexity index is 834. The van der Waals surface area contributed by atoms with E-state index in [2.05, 4.69) is 20.8 Å². The van der Waals surface area contributed by atoms with Crippen molar-refractivity contribution in [3.63, 3.8) is 0 Å². The average molecular weight is 720 g/mol. The Balaban J connectivity index is 4.40. The van der Waals surface area contributed by atoms with Crippen LogP contribution >= 0.6 is 7.82 Å². The van der Waals surface area contributed by atoms with E-state index in [1.54, 1.807) is 0 Å². The van der Waals surface area contributed by atoms with Gasteiger partial charge in [-0.1, -0.05) is 156 Å². The number of likely N-dealkylation sites (N-methyl/N-ethyl adjacent to an activating group) is 1. The zero-order valence-corrected chi connectivity index (χ0v) is 33.7. The lowest BCUT2D eigenvalue weighted by Crippen LogP contribution is -2.37. The monoisotopic (exact) mass is 720 g/mol. The Labute approximate surface area is 302 Å². The molecule has 0 aromatic heterocycles. The summed E-state index contributed by atoms with van der Waals surface area (Å²) in [6.45, 7) is 6.56. The minimum Gasteiger partial charge on any atom is -0.756 e. The number of carbonyl (C=O) groups excluding carboxylic acids is 2. The second-order valence-electron chi connectivity index (χ2n) is 15.3. The molecule has 0 aliphatic carbocycles. The van der Waals surface area contributed by atoms with E-state index >= 15 is 0 Å². The zero-order valence-electron chi connectivity index (χ0n) is 32.8. The first-order chi connectivity index (χ1) is 23.4. The number of unbranched alkanes of at least 4 members (excludes halogenated alkanes) is 19. The SMILES string of the molecule is CCCCCCCCCCCCCCCC(=O)OC[C@@H](COP(=O)([O-])OCC[N+](C)(C)C)OC(=O)CCCCCCCCCCC(C)CC. The topological polar surface area (TPSA) is 111 Å². The van der Waals surface area contributed by atoms with Gasteiger partial charge >= 0.3 is 11.9 Å². The van der Waals surface area contributed by atoms with Crippen molar-refractivity contribution in [1.82, 2.24) is 0 Å². The first-order valence-electron chi connectivity index (χ1n) is 20.1. The molecule has 0 fully saturated rings. The zero-order chi connectivity index (χ0) is 36.6. The van der Waals surface area contributed by atoms with Crippen LogP contribution in [0.2, 0.25) is 0 Å². The summed E-state index contributed by atoms with van der Waals surface area (Å²) in [4.78, 5) is 37.3. The highest BCUT2D eigenvalue weighted by atomic mass is 31.2. The first kappa shape index (κ1) is 48.0. The summed E-state index contributed by atoms with van der Waals surface area (Å²) in [5.41, 5.74) is 0. The minimum absolute atomic E-state index is 0.0269. The molecule has 2 unspecified atom stereocenters. The van der Waals surface area contributed by atoms with Crippen LogP contribution in [-0.4, -0.2) is 70.0 Å². The largest absolute Gasteiger partial charge is 0.756 e. The average Bonchev–Trinajstić information content (AvgIpc) is 3.04. The van der Waals surface area contributed by atoms with Crippen molar-refractivity contribution in [2.75, 3.05) is 47.5 Å². The van der Waals surface area contributed by atoms with Crippen molar-refractivity contribution in [3.8, 4) is 0 Å². The summed E-state index contributed by atoms with van der Waals surface area (Å²) in [6.07, 6.45) is 26.9. The van der Waals surface area contributed by atoms with Crippen LogP contribution < -0.4 is 4.89 Å². The molecule has 49 heavy (non-hydrogen) atoms. The third-order valence-corrected chi connectivity index (χ3v) is 10.1. The van der Waals surface area contributed by atoms with Gasteiger partial charge in [0.25, 0.3) is 7.82 Å². The van der Waals surface area contributed by atoms with Crippen molar-refractivity contribution in [1.29, 1.82) is 0 Å². The van der Waals surface area contributed by atoms with Crippen molar-refractivity contribution in [3.05, 3.63) is 0 Å². The Morgan fingerprint density at radius 3 is 1.55 bits per heavy atom. The van der Waals surface area contributed by atoms with Gasteiger partial charge in [-0.2, -0.15) is 0 Å². The van der Waals surface area contributed by atoms with Crippen LogP contribution in [0.5, 0.6) is 0 Å². The molecule has 0 heterocycles. The summed E-state index contributed by atoms with van der Waals surface area (Å²) in [5, 5.41) is 0. The molecule has 0 aromatic rings. The number of phosphoric ester groups is 1. The number of rotatable bonds is 36. The molecule has 0 rings (SSSR count). The van der Waals surface area contributed by atoms with Gasteiger partial charge in [0.15, 0.2) is 6.10 Å². The molecule has 0 spiro atoms. The summed E-state index contributed by atoms with van der Waals surface area (Å²) in [5.74, 6) is -0.00535. The van der Waals surface area contributed by atoms with Crippen LogP contribution in [0, 0.1) is 5.92 Å². The van der Waals surface area contributed by atoms with Crippen LogP contribution in [0.4, 0.5) is 0 Å². The molecule has 0 amide bonds. The summed E-state index contributed by atoms with van der Waals surface area (Å²) < 4.78 is 33.8. The van der Waals surface area contributed by atoms with E-state index in [1.165, 1.54) is 103 Å². The normalized spacial score (nSPS) is 14.3. The quantitative estimate of drug-likeness (QED) is 0.0272. The summed E-state index contributed by atoms with van der Waals surface area (Å²) in [6, 6.07) is 0. The second kappa shape index (κ2) is 31.7. The number of hydrogen-bond acceptors (Lipinski definition) is 8. The fourth-order valence-electron chi connectivity index (χ4n) is 5.57. The van der Waals surface area contributed by atoms with Crippen LogP contribution in [0.3, 0.4) is 0 Å². The van der Waals surface area contributed by atoms with E-state index in [4.69, 9.17) is 18.5 Å². The fourth-order valence-corrected chi connectivity index (χ4v) is 6.30. The summed E-state index contributed by atoms with van der Waals surface area (Å²) >= 11 is 0. The predicted octanol–water partition coefficient (Wildman–Crippen LogP) is 10.1. The molecule has 0 radical (unpaired) electrons. The molecule has 10 heteroatoms. The Hall–Kier alpha value is -0.990. The van der Waals surface area contributed by atoms with Crippen LogP contribution in [0.25, 0.3) is 0 Å². The Morgan fingerprint density at radius 1 is 0.633 bits per heavy atom. The van der Waals surface area contributed by atoms with Crippen molar-refractivity contribution in [2.24, 2.45) is 5.92 Å². The van der Waals surface area contributed by atoms with E-state index in [-0.39, 0.29) is 32.0 Å². The lowest BCUT2D eigenvalue weighted by atomic mass is 9.99. The van der Waals surface area contributed by atoms with Crippen LogP contribution in [0.1, 0.15) is 181 Å². The van der Waals surface area contributed by atoms with Gasteiger partial charge in [-0.15, -0.1) is 0 Å². The smallest absolute Gasteiger partial charge is 0.306 e. The van der Waals surface area contributed by atoms with Gasteiger partial charge in [0, 0.05) is 12.8 Å². The molecule has 0 bridgehead atoms. The second-order valence-corrected chi connectivity index (χ2v) is 16.7. The number of quaternary nitrogens is 1. The van der Waals surface area contributed by atoms with Crippen molar-refractivity contribution in [2.45, 2.75) is 187 Å². The molecule has 0 aliphatic heterocycles. The Kier molecular flexibility index (Phi) is 31.1. The van der Waals surface area contributed by atoms with Crippen LogP contribution in [0.15, 0.2) is 0 Å². The Morgan fingerprint density at radius 2 is 1.08 bits per heavy atom. The van der Waals surface area contributed by atoms with E-state index in [1.807, 2.05) is 21.1 Å². The maximum Gasteiger partial charge on any atom is 0.306 e. The molecular formula is C39H78NO8P. The molecule has 0 saturated carbocycles. The molecule has 0 aromatic carbocycles. The van der Waals surface area contributed by atoms with Crippen molar-refractivity contribution >= 4 is 19.8 Å². The predicted molar refractivity (Wildman–Crippen MR) is 199 cm³/mol. The lowest BCUT2D eigenvalue weighted by Gasteiger charge is -2.28. The number of ether oxygens (including phenoxy) is 2. The molecule has 0 N–H and O–H groups in total. The standard InChI is InChI=1S/C39H78NO8P/c1-7-9-10-11-12-13-14-15-16-17-21-24-27-30-38(41)45-34-37(35-47-49(43,44)46-33-32-40(4,5)6)48-39(42)31-28-25-22-19-18-20-23-26-29-36(3)8-2/h36-37H,7-35H2,1-6H3/t36?,37-/m0/s1. The van der Waals surface area contributed by atoms with Gasteiger partial charge in [0.05, 0.1) is 27.7 Å². The molecular weight excluding hydrogens is 641 g/mol. The molecule has 9 nitrogen and oxygen atoms in total. The van der Waals surface area contributed by atoms with Gasteiger partial charge in [-0.05, 0) is 18.8 Å². The third kappa shape index (κ3) is 35.2. The number of carbonyl (C=O) groups is 2. The van der Waals surface area contributed by atoms with Gasteiger partial charge in [0.2, 0.25) is 0 Å². The first-order valence-corrected chi connectivity index (χ1v) is 21.6. The highest BCUT2D eigenvalue weighted by Gasteiger charge is 2.21. The van der Waals surface area contributed by atoms with Gasteiger partial charge < -0.3 is 27.9 Å². The molecule has 0 aliphatic rings. The number of phosphoric acid groups is 1. The number of esters is 2. The number of hydrogen-bond donors (Lipinski definition) is 0. The minimum atomic E-state index is -4.61. The molecule has 292 valence electrons. The van der Waals surface area contributed by atoms with E-state index in [9.17, 15) is 19.0 Å². The fraction of sp³-hybridized carbons (Fsp3) is 0.949. The molecule has 3 atom stereocenters. The highest BCUT2D eigenvalue weighted by molar-refractivity contribution is 7.45. The van der Waals surface area contributed by atoms with Crippen LogP contribution in [-0.2, 0) is 32.7 Å². The van der Waals surface area contributed by atoms with Gasteiger partial charge in [0.1, 0.15) is 19.8 Å². The number of nitrogens with zero attached hydrogens (tertiary/aromatic N) is 1. The summed E-state index contributed by atoms with van der Waals surface area (Å²) in [7, 11) is 1.17. The van der Waals surface area contributed by atoms with Crippen molar-refractivity contribution < 1.29 is 42.1 Å².